The summed E-state index contributed by atoms with van der Waals surface area (Å²) in [4.78, 5) is 5.60. The molecule has 0 spiro atoms. The molecule has 21 heavy (non-hydrogen) atoms. The lowest BCUT2D eigenvalue weighted by Crippen LogP contribution is -2.02. The molecule has 0 aliphatic rings. The Bertz CT molecular complexity index is 476. The third kappa shape index (κ3) is 8.36. The first-order chi connectivity index (χ1) is 10.1. The molecule has 0 heterocycles. The van der Waals surface area contributed by atoms with Gasteiger partial charge >= 0.3 is 0 Å². The lowest BCUT2D eigenvalue weighted by Gasteiger charge is -2.09. The van der Waals surface area contributed by atoms with Gasteiger partial charge in [0.1, 0.15) is 0 Å². The number of thioether (sulfide) groups is 1. The van der Waals surface area contributed by atoms with Crippen molar-refractivity contribution < 1.29 is 0 Å². The van der Waals surface area contributed by atoms with Gasteiger partial charge in [0.2, 0.25) is 0 Å². The largest absolute Gasteiger partial charge is 0.255 e. The summed E-state index contributed by atoms with van der Waals surface area (Å²) in [5.41, 5.74) is 1.99. The second-order valence-corrected chi connectivity index (χ2v) is 5.78. The topological polar surface area (TPSA) is 12.4 Å². The van der Waals surface area contributed by atoms with Crippen LogP contribution in [0.25, 0.3) is 0 Å². The summed E-state index contributed by atoms with van der Waals surface area (Å²) >= 11 is 1.71. The number of nitrogens with zero attached hydrogens (tertiary/aromatic N) is 1. The van der Waals surface area contributed by atoms with E-state index >= 15 is 0 Å². The zero-order valence-electron chi connectivity index (χ0n) is 13.7. The monoisotopic (exact) mass is 301 g/mol. The van der Waals surface area contributed by atoms with Crippen LogP contribution in [0.5, 0.6) is 0 Å². The Morgan fingerprint density at radius 2 is 2.00 bits per heavy atom. The van der Waals surface area contributed by atoms with Gasteiger partial charge in [-0.05, 0) is 25.5 Å². The first-order valence-electron chi connectivity index (χ1n) is 7.25. The van der Waals surface area contributed by atoms with E-state index in [4.69, 9.17) is 0 Å². The predicted molar refractivity (Wildman–Crippen MR) is 101 cm³/mol. The van der Waals surface area contributed by atoms with Crippen molar-refractivity contribution in [2.45, 2.75) is 27.7 Å². The van der Waals surface area contributed by atoms with Gasteiger partial charge < -0.3 is 0 Å². The minimum atomic E-state index is 0.312. The van der Waals surface area contributed by atoms with Gasteiger partial charge in [0.25, 0.3) is 0 Å². The minimum absolute atomic E-state index is 0.312. The van der Waals surface area contributed by atoms with E-state index in [9.17, 15) is 0 Å². The summed E-state index contributed by atoms with van der Waals surface area (Å²) in [6.07, 6.45) is 15.9. The highest BCUT2D eigenvalue weighted by atomic mass is 32.2. The van der Waals surface area contributed by atoms with Crippen LogP contribution >= 0.6 is 11.8 Å². The first kappa shape index (κ1) is 19.5. The van der Waals surface area contributed by atoms with Gasteiger partial charge in [0, 0.05) is 16.7 Å². The quantitative estimate of drug-likeness (QED) is 0.284. The molecule has 0 radical (unpaired) electrons. The smallest absolute Gasteiger partial charge is 0.0831 e. The molecule has 0 aliphatic carbocycles. The summed E-state index contributed by atoms with van der Waals surface area (Å²) in [5.74, 6) is 1.30. The van der Waals surface area contributed by atoms with Crippen LogP contribution < -0.4 is 0 Å². The van der Waals surface area contributed by atoms with Gasteiger partial charge in [-0.1, -0.05) is 63.0 Å². The van der Waals surface area contributed by atoms with Gasteiger partial charge in [-0.3, -0.25) is 4.99 Å². The Labute approximate surface area is 134 Å². The molecule has 1 nitrogen and oxygen atoms in total. The fraction of sp³-hybridized carbons (Fsp3) is 0.316. The third-order valence-electron chi connectivity index (χ3n) is 2.64. The second kappa shape index (κ2) is 12.2. The SMILES string of the molecule is C=CC(C)/C=C\N=C(C(=C)SCC)/C(/C=C\C)=C/C=C\C. The van der Waals surface area contributed by atoms with Crippen molar-refractivity contribution in [3.8, 4) is 0 Å². The molecule has 1 atom stereocenters. The molecule has 0 aromatic carbocycles. The highest BCUT2D eigenvalue weighted by Gasteiger charge is 2.07. The van der Waals surface area contributed by atoms with Gasteiger partial charge in [-0.2, -0.15) is 0 Å². The Hall–Kier alpha value is -1.54. The molecule has 0 aliphatic heterocycles. The van der Waals surface area contributed by atoms with E-state index in [0.29, 0.717) is 5.92 Å². The standard InChI is InChI=1S/C19H27NS/c1-7-11-13-18(12-8-2)19(17(6)21-10-4)20-15-14-16(5)9-3/h7-9,11-16H,3,6,10H2,1-2,4-5H3/b11-7-,12-8-,15-14-,18-13+,20-19-. The molecule has 0 aromatic heterocycles. The van der Waals surface area contributed by atoms with Crippen LogP contribution in [-0.2, 0) is 0 Å². The number of rotatable bonds is 9. The normalized spacial score (nSPS) is 15.2. The van der Waals surface area contributed by atoms with E-state index in [1.807, 2.05) is 50.4 Å². The highest BCUT2D eigenvalue weighted by Crippen LogP contribution is 2.20. The fourth-order valence-electron chi connectivity index (χ4n) is 1.47. The maximum Gasteiger partial charge on any atom is 0.0831 e. The average Bonchev–Trinajstić information content (AvgIpc) is 2.48. The van der Waals surface area contributed by atoms with Crippen LogP contribution in [0, 0.1) is 5.92 Å². The molecular formula is C19H27NS. The van der Waals surface area contributed by atoms with Crippen molar-refractivity contribution in [2.75, 3.05) is 5.75 Å². The summed E-state index contributed by atoms with van der Waals surface area (Å²) in [6, 6.07) is 0. The van der Waals surface area contributed by atoms with Crippen LogP contribution in [-0.4, -0.2) is 11.5 Å². The maximum atomic E-state index is 4.62. The molecule has 0 fully saturated rings. The van der Waals surface area contributed by atoms with Crippen molar-refractivity contribution in [1.82, 2.24) is 0 Å². The third-order valence-corrected chi connectivity index (χ3v) is 3.47. The lowest BCUT2D eigenvalue weighted by molar-refractivity contribution is 0.940. The van der Waals surface area contributed by atoms with E-state index in [0.717, 1.165) is 21.9 Å². The Balaban J connectivity index is 5.56. The number of allylic oxidation sites excluding steroid dienone is 9. The maximum absolute atomic E-state index is 4.62. The van der Waals surface area contributed by atoms with Crippen LogP contribution in [0.1, 0.15) is 27.7 Å². The zero-order chi connectivity index (χ0) is 16.1. The molecule has 114 valence electrons. The first-order valence-corrected chi connectivity index (χ1v) is 8.24. The summed E-state index contributed by atoms with van der Waals surface area (Å²) < 4.78 is 0. The van der Waals surface area contributed by atoms with E-state index in [-0.39, 0.29) is 0 Å². The van der Waals surface area contributed by atoms with E-state index in [1.54, 1.807) is 11.8 Å². The van der Waals surface area contributed by atoms with Crippen molar-refractivity contribution >= 4 is 17.5 Å². The minimum Gasteiger partial charge on any atom is -0.255 e. The van der Waals surface area contributed by atoms with Crippen molar-refractivity contribution in [3.05, 3.63) is 72.4 Å². The van der Waals surface area contributed by atoms with Crippen molar-refractivity contribution in [2.24, 2.45) is 10.9 Å². The highest BCUT2D eigenvalue weighted by molar-refractivity contribution is 8.04. The summed E-state index contributed by atoms with van der Waals surface area (Å²) in [7, 11) is 0. The Morgan fingerprint density at radius 1 is 1.29 bits per heavy atom. The van der Waals surface area contributed by atoms with Gasteiger partial charge in [-0.25, -0.2) is 0 Å². The van der Waals surface area contributed by atoms with E-state index < -0.39 is 0 Å². The molecule has 0 saturated heterocycles. The number of hydrogen-bond acceptors (Lipinski definition) is 2. The summed E-state index contributed by atoms with van der Waals surface area (Å²) in [6.45, 7) is 16.1. The van der Waals surface area contributed by atoms with Gasteiger partial charge in [0.15, 0.2) is 0 Å². The zero-order valence-corrected chi connectivity index (χ0v) is 14.5. The molecular weight excluding hydrogens is 274 g/mol. The second-order valence-electron chi connectivity index (χ2n) is 4.42. The molecule has 0 amide bonds. The summed E-state index contributed by atoms with van der Waals surface area (Å²) in [5, 5.41) is 0. The molecule has 0 N–H and O–H groups in total. The molecule has 0 aromatic rings. The number of hydrogen-bond donors (Lipinski definition) is 0. The van der Waals surface area contributed by atoms with E-state index in [2.05, 4.69) is 44.1 Å². The average molecular weight is 301 g/mol. The van der Waals surface area contributed by atoms with Gasteiger partial charge in [-0.15, -0.1) is 18.3 Å². The lowest BCUT2D eigenvalue weighted by atomic mass is 10.1. The van der Waals surface area contributed by atoms with Crippen LogP contribution in [0.15, 0.2) is 77.4 Å². The van der Waals surface area contributed by atoms with Crippen molar-refractivity contribution in [3.63, 3.8) is 0 Å². The molecule has 0 bridgehead atoms. The molecule has 0 rings (SSSR count). The number of aliphatic imine (C=N–C) groups is 1. The Morgan fingerprint density at radius 3 is 2.52 bits per heavy atom. The van der Waals surface area contributed by atoms with Crippen LogP contribution in [0.4, 0.5) is 0 Å². The van der Waals surface area contributed by atoms with Crippen molar-refractivity contribution in [1.29, 1.82) is 0 Å². The molecule has 1 unspecified atom stereocenters. The molecule has 0 saturated carbocycles. The fourth-order valence-corrected chi connectivity index (χ4v) is 2.13. The predicted octanol–water partition coefficient (Wildman–Crippen LogP) is 6.11. The molecule has 2 heteroatoms. The van der Waals surface area contributed by atoms with E-state index in [1.165, 1.54) is 0 Å². The van der Waals surface area contributed by atoms with Crippen LogP contribution in [0.3, 0.4) is 0 Å². The Kier molecular flexibility index (Phi) is 11.3. The van der Waals surface area contributed by atoms with Gasteiger partial charge in [0.05, 0.1) is 5.71 Å². The van der Waals surface area contributed by atoms with Crippen LogP contribution in [0.2, 0.25) is 0 Å².